The second kappa shape index (κ2) is 4.68. The number of hydrogen-bond donors (Lipinski definition) is 1. The lowest BCUT2D eigenvalue weighted by Crippen LogP contribution is -2.03. The summed E-state index contributed by atoms with van der Waals surface area (Å²) in [5.74, 6) is 1.55. The summed E-state index contributed by atoms with van der Waals surface area (Å²) in [6.45, 7) is 2.20. The Morgan fingerprint density at radius 2 is 2.11 bits per heavy atom. The molecule has 0 spiro atoms. The van der Waals surface area contributed by atoms with E-state index in [9.17, 15) is 4.39 Å². The molecule has 1 aromatic carbocycles. The maximum Gasteiger partial charge on any atom is 0.175 e. The van der Waals surface area contributed by atoms with Gasteiger partial charge in [0.15, 0.2) is 5.82 Å². The minimum atomic E-state index is -0.288. The Kier molecular flexibility index (Phi) is 3.01. The van der Waals surface area contributed by atoms with Gasteiger partial charge in [-0.2, -0.15) is 0 Å². The third kappa shape index (κ3) is 2.01. The van der Waals surface area contributed by atoms with E-state index in [4.69, 9.17) is 10.3 Å². The van der Waals surface area contributed by atoms with Crippen LogP contribution < -0.4 is 5.73 Å². The molecule has 2 aromatic rings. The van der Waals surface area contributed by atoms with E-state index < -0.39 is 0 Å². The van der Waals surface area contributed by atoms with Crippen LogP contribution in [0.2, 0.25) is 0 Å². The van der Waals surface area contributed by atoms with Crippen LogP contribution in [0.25, 0.3) is 11.1 Å². The summed E-state index contributed by atoms with van der Waals surface area (Å²) in [7, 11) is 0. The number of aromatic nitrogens is 1. The smallest absolute Gasteiger partial charge is 0.175 e. The lowest BCUT2D eigenvalue weighted by Gasteiger charge is -2.13. The van der Waals surface area contributed by atoms with Crippen LogP contribution in [-0.2, 0) is 0 Å². The van der Waals surface area contributed by atoms with Crippen molar-refractivity contribution in [3.8, 4) is 11.1 Å². The number of nitrogens with zero attached hydrogens (tertiary/aromatic N) is 1. The highest BCUT2D eigenvalue weighted by Crippen LogP contribution is 2.45. The van der Waals surface area contributed by atoms with Crippen LogP contribution in [0, 0.1) is 11.7 Å². The van der Waals surface area contributed by atoms with Gasteiger partial charge in [-0.25, -0.2) is 4.39 Å². The van der Waals surface area contributed by atoms with Gasteiger partial charge >= 0.3 is 0 Å². The number of hydrogen-bond acceptors (Lipinski definition) is 3. The van der Waals surface area contributed by atoms with Gasteiger partial charge in [0.05, 0.1) is 5.56 Å². The van der Waals surface area contributed by atoms with Crippen molar-refractivity contribution in [3.05, 3.63) is 35.8 Å². The molecule has 2 N–H and O–H groups in total. The van der Waals surface area contributed by atoms with Gasteiger partial charge in [-0.1, -0.05) is 36.7 Å². The molecule has 100 valence electrons. The third-order valence-electron chi connectivity index (χ3n) is 4.09. The number of rotatable bonds is 2. The molecule has 2 unspecified atom stereocenters. The van der Waals surface area contributed by atoms with E-state index in [1.165, 1.54) is 18.9 Å². The standard InChI is InChI=1S/C15H17FN2O/c1-9-5-4-7-10(9)14-13(15(17)18-19-14)11-6-2-3-8-12(11)16/h2-3,6,8-10H,4-5,7H2,1H3,(H2,17,18). The quantitative estimate of drug-likeness (QED) is 0.889. The predicted octanol–water partition coefficient (Wildman–Crippen LogP) is 3.97. The van der Waals surface area contributed by atoms with Crippen LogP contribution in [0.4, 0.5) is 10.2 Å². The topological polar surface area (TPSA) is 52.0 Å². The largest absolute Gasteiger partial charge is 0.380 e. The van der Waals surface area contributed by atoms with Crippen molar-refractivity contribution in [2.24, 2.45) is 5.92 Å². The zero-order chi connectivity index (χ0) is 13.4. The molecule has 0 radical (unpaired) electrons. The maximum atomic E-state index is 14.0. The molecule has 0 amide bonds. The highest BCUT2D eigenvalue weighted by atomic mass is 19.1. The van der Waals surface area contributed by atoms with Gasteiger partial charge in [0.1, 0.15) is 11.6 Å². The van der Waals surface area contributed by atoms with Crippen molar-refractivity contribution in [2.75, 3.05) is 5.73 Å². The third-order valence-corrected chi connectivity index (χ3v) is 4.09. The first-order valence-electron chi connectivity index (χ1n) is 6.68. The van der Waals surface area contributed by atoms with Crippen molar-refractivity contribution in [3.63, 3.8) is 0 Å². The van der Waals surface area contributed by atoms with E-state index in [1.54, 1.807) is 18.2 Å². The van der Waals surface area contributed by atoms with E-state index in [0.717, 1.165) is 12.2 Å². The van der Waals surface area contributed by atoms with Crippen molar-refractivity contribution >= 4 is 5.82 Å². The van der Waals surface area contributed by atoms with E-state index in [-0.39, 0.29) is 11.6 Å². The molecule has 0 aliphatic heterocycles. The monoisotopic (exact) mass is 260 g/mol. The molecular formula is C15H17FN2O. The SMILES string of the molecule is CC1CCCC1c1onc(N)c1-c1ccccc1F. The van der Waals surface area contributed by atoms with Crippen molar-refractivity contribution in [1.82, 2.24) is 5.16 Å². The summed E-state index contributed by atoms with van der Waals surface area (Å²) in [5.41, 5.74) is 7.00. The highest BCUT2D eigenvalue weighted by Gasteiger charge is 2.32. The van der Waals surface area contributed by atoms with E-state index >= 15 is 0 Å². The Hall–Kier alpha value is -1.84. The molecule has 1 heterocycles. The number of nitrogen functional groups attached to an aromatic ring is 1. The molecular weight excluding hydrogens is 243 g/mol. The van der Waals surface area contributed by atoms with Crippen LogP contribution in [-0.4, -0.2) is 5.16 Å². The van der Waals surface area contributed by atoms with E-state index in [1.807, 2.05) is 0 Å². The molecule has 0 saturated heterocycles. The first kappa shape index (κ1) is 12.2. The van der Waals surface area contributed by atoms with Gasteiger partial charge < -0.3 is 10.3 Å². The molecule has 0 bridgehead atoms. The number of anilines is 1. The second-order valence-corrected chi connectivity index (χ2v) is 5.30. The van der Waals surface area contributed by atoms with Gasteiger partial charge in [-0.05, 0) is 24.8 Å². The lowest BCUT2D eigenvalue weighted by molar-refractivity contribution is 0.341. The maximum absolute atomic E-state index is 14.0. The van der Waals surface area contributed by atoms with Crippen molar-refractivity contribution in [1.29, 1.82) is 0 Å². The lowest BCUT2D eigenvalue weighted by atomic mass is 9.90. The summed E-state index contributed by atoms with van der Waals surface area (Å²) in [6.07, 6.45) is 3.39. The Morgan fingerprint density at radius 1 is 1.32 bits per heavy atom. The first-order valence-corrected chi connectivity index (χ1v) is 6.68. The van der Waals surface area contributed by atoms with Crippen molar-refractivity contribution < 1.29 is 8.91 Å². The van der Waals surface area contributed by atoms with Crippen LogP contribution in [0.15, 0.2) is 28.8 Å². The Labute approximate surface area is 111 Å². The van der Waals surface area contributed by atoms with Gasteiger partial charge in [0.25, 0.3) is 0 Å². The molecule has 2 atom stereocenters. The molecule has 3 rings (SSSR count). The molecule has 1 aliphatic rings. The number of benzene rings is 1. The molecule has 1 aliphatic carbocycles. The van der Waals surface area contributed by atoms with Gasteiger partial charge in [-0.15, -0.1) is 0 Å². The van der Waals surface area contributed by atoms with Crippen molar-refractivity contribution in [2.45, 2.75) is 32.1 Å². The highest BCUT2D eigenvalue weighted by molar-refractivity contribution is 5.76. The molecule has 4 heteroatoms. The van der Waals surface area contributed by atoms with Gasteiger partial charge in [0, 0.05) is 11.5 Å². The molecule has 1 aromatic heterocycles. The zero-order valence-corrected chi connectivity index (χ0v) is 10.9. The Morgan fingerprint density at radius 3 is 2.79 bits per heavy atom. The molecule has 3 nitrogen and oxygen atoms in total. The van der Waals surface area contributed by atoms with Crippen LogP contribution in [0.5, 0.6) is 0 Å². The first-order chi connectivity index (χ1) is 9.18. The zero-order valence-electron chi connectivity index (χ0n) is 10.9. The minimum absolute atomic E-state index is 0.277. The van der Waals surface area contributed by atoms with Gasteiger partial charge in [0.2, 0.25) is 0 Å². The van der Waals surface area contributed by atoms with Crippen LogP contribution in [0.3, 0.4) is 0 Å². The fourth-order valence-electron chi connectivity index (χ4n) is 3.04. The fraction of sp³-hybridized carbons (Fsp3) is 0.400. The molecule has 19 heavy (non-hydrogen) atoms. The summed E-state index contributed by atoms with van der Waals surface area (Å²) in [6, 6.07) is 6.62. The van der Waals surface area contributed by atoms with E-state index in [0.29, 0.717) is 23.0 Å². The summed E-state index contributed by atoms with van der Waals surface area (Å²) < 4.78 is 19.4. The summed E-state index contributed by atoms with van der Waals surface area (Å²) >= 11 is 0. The number of nitrogens with two attached hydrogens (primary N) is 1. The normalized spacial score (nSPS) is 22.8. The van der Waals surface area contributed by atoms with E-state index in [2.05, 4.69) is 12.1 Å². The fourth-order valence-corrected chi connectivity index (χ4v) is 3.04. The second-order valence-electron chi connectivity index (χ2n) is 5.30. The minimum Gasteiger partial charge on any atom is -0.380 e. The summed E-state index contributed by atoms with van der Waals surface area (Å²) in [5, 5.41) is 3.85. The van der Waals surface area contributed by atoms with Crippen LogP contribution >= 0.6 is 0 Å². The Bertz CT molecular complexity index is 594. The van der Waals surface area contributed by atoms with Gasteiger partial charge in [-0.3, -0.25) is 0 Å². The molecule has 1 fully saturated rings. The summed E-state index contributed by atoms with van der Waals surface area (Å²) in [4.78, 5) is 0. The average molecular weight is 260 g/mol. The number of halogens is 1. The predicted molar refractivity (Wildman–Crippen MR) is 72.1 cm³/mol. The Balaban J connectivity index is 2.11. The average Bonchev–Trinajstić information content (AvgIpc) is 2.96. The van der Waals surface area contributed by atoms with Crippen LogP contribution in [0.1, 0.15) is 37.9 Å². The molecule has 1 saturated carbocycles.